The molecule has 0 bridgehead atoms. The lowest BCUT2D eigenvalue weighted by Crippen LogP contribution is -2.04. The number of ketones is 1. The van der Waals surface area contributed by atoms with E-state index in [1.54, 1.807) is 11.8 Å². The molecule has 0 aliphatic heterocycles. The second kappa shape index (κ2) is 8.04. The Labute approximate surface area is 136 Å². The van der Waals surface area contributed by atoms with Crippen molar-refractivity contribution in [3.05, 3.63) is 64.7 Å². The van der Waals surface area contributed by atoms with E-state index in [0.29, 0.717) is 12.4 Å². The summed E-state index contributed by atoms with van der Waals surface area (Å²) in [6.07, 6.45) is 0. The summed E-state index contributed by atoms with van der Waals surface area (Å²) in [4.78, 5) is 12.0. The van der Waals surface area contributed by atoms with Crippen LogP contribution in [0.4, 0.5) is 0 Å². The average Bonchev–Trinajstić information content (AvgIpc) is 2.52. The van der Waals surface area contributed by atoms with Crippen LogP contribution in [-0.4, -0.2) is 17.3 Å². The van der Waals surface area contributed by atoms with Crippen LogP contribution in [0.15, 0.2) is 42.5 Å². The van der Waals surface area contributed by atoms with E-state index in [1.165, 1.54) is 11.1 Å². The molecule has 0 saturated carbocycles. The van der Waals surface area contributed by atoms with Crippen LogP contribution in [0.5, 0.6) is 5.75 Å². The number of ether oxygens (including phenoxy) is 1. The molecule has 0 fully saturated rings. The highest BCUT2D eigenvalue weighted by Gasteiger charge is 2.09. The van der Waals surface area contributed by atoms with Gasteiger partial charge in [0.1, 0.15) is 12.4 Å². The van der Waals surface area contributed by atoms with Gasteiger partial charge in [-0.05, 0) is 54.5 Å². The minimum absolute atomic E-state index is 0.181. The van der Waals surface area contributed by atoms with Crippen molar-refractivity contribution in [2.45, 2.75) is 27.4 Å². The van der Waals surface area contributed by atoms with Gasteiger partial charge in [-0.3, -0.25) is 4.79 Å². The summed E-state index contributed by atoms with van der Waals surface area (Å²) in [5, 5.41) is 0. The topological polar surface area (TPSA) is 26.3 Å². The molecule has 2 aromatic rings. The van der Waals surface area contributed by atoms with Gasteiger partial charge in [0.25, 0.3) is 0 Å². The Balaban J connectivity index is 2.04. The highest BCUT2D eigenvalue weighted by atomic mass is 32.2. The van der Waals surface area contributed by atoms with Crippen LogP contribution in [0.2, 0.25) is 0 Å². The van der Waals surface area contributed by atoms with Crippen molar-refractivity contribution in [2.75, 3.05) is 11.5 Å². The van der Waals surface area contributed by atoms with E-state index in [1.807, 2.05) is 37.3 Å². The van der Waals surface area contributed by atoms with Gasteiger partial charge in [-0.15, -0.1) is 0 Å². The van der Waals surface area contributed by atoms with E-state index in [9.17, 15) is 4.79 Å². The molecule has 2 rings (SSSR count). The van der Waals surface area contributed by atoms with Crippen LogP contribution in [0.3, 0.4) is 0 Å². The van der Waals surface area contributed by atoms with Crippen LogP contribution in [0, 0.1) is 13.8 Å². The van der Waals surface area contributed by atoms with Gasteiger partial charge in [0.15, 0.2) is 5.78 Å². The van der Waals surface area contributed by atoms with E-state index in [0.717, 1.165) is 22.6 Å². The zero-order valence-electron chi connectivity index (χ0n) is 13.4. The number of thioether (sulfide) groups is 1. The molecule has 0 aliphatic rings. The fourth-order valence-electron chi connectivity index (χ4n) is 2.19. The Bertz CT molecular complexity index is 650. The monoisotopic (exact) mass is 314 g/mol. The molecular formula is C19H22O2S. The van der Waals surface area contributed by atoms with Gasteiger partial charge in [-0.2, -0.15) is 11.8 Å². The van der Waals surface area contributed by atoms with Gasteiger partial charge >= 0.3 is 0 Å². The number of hydrogen-bond donors (Lipinski definition) is 0. The van der Waals surface area contributed by atoms with Crippen molar-refractivity contribution in [3.63, 3.8) is 0 Å². The molecule has 116 valence electrons. The molecule has 0 amide bonds. The number of carbonyl (C=O) groups is 1. The van der Waals surface area contributed by atoms with Crippen LogP contribution in [0.1, 0.15) is 34.0 Å². The highest BCUT2D eigenvalue weighted by molar-refractivity contribution is 7.99. The summed E-state index contributed by atoms with van der Waals surface area (Å²) in [7, 11) is 0. The molecule has 0 aliphatic carbocycles. The van der Waals surface area contributed by atoms with Crippen LogP contribution < -0.4 is 4.74 Å². The van der Waals surface area contributed by atoms with E-state index in [4.69, 9.17) is 4.74 Å². The summed E-state index contributed by atoms with van der Waals surface area (Å²) in [5.74, 6) is 2.52. The predicted octanol–water partition coefficient (Wildman–Crippen LogP) is 4.82. The van der Waals surface area contributed by atoms with Crippen molar-refractivity contribution in [1.29, 1.82) is 0 Å². The first-order valence-electron chi connectivity index (χ1n) is 7.50. The second-order valence-corrected chi connectivity index (χ2v) is 6.53. The minimum atomic E-state index is 0.181. The number of Topliss-reactive ketones (excluding diaryl/α,β-unsaturated/α-hetero) is 1. The average molecular weight is 314 g/mol. The normalized spacial score (nSPS) is 10.5. The van der Waals surface area contributed by atoms with E-state index >= 15 is 0 Å². The minimum Gasteiger partial charge on any atom is -0.489 e. The predicted molar refractivity (Wildman–Crippen MR) is 94.0 cm³/mol. The second-order valence-electron chi connectivity index (χ2n) is 5.26. The molecule has 3 heteroatoms. The van der Waals surface area contributed by atoms with Gasteiger partial charge in [0.05, 0.1) is 5.75 Å². The summed E-state index contributed by atoms with van der Waals surface area (Å²) in [6.45, 7) is 6.67. The third kappa shape index (κ3) is 4.38. The maximum absolute atomic E-state index is 12.0. The Morgan fingerprint density at radius 2 is 1.86 bits per heavy atom. The van der Waals surface area contributed by atoms with Gasteiger partial charge in [0.2, 0.25) is 0 Å². The van der Waals surface area contributed by atoms with Gasteiger partial charge < -0.3 is 4.74 Å². The number of aryl methyl sites for hydroxylation is 2. The first-order chi connectivity index (χ1) is 10.6. The number of benzene rings is 2. The van der Waals surface area contributed by atoms with Crippen molar-refractivity contribution in [3.8, 4) is 5.75 Å². The largest absolute Gasteiger partial charge is 0.489 e. The first kappa shape index (κ1) is 16.6. The third-order valence-electron chi connectivity index (χ3n) is 3.58. The van der Waals surface area contributed by atoms with Crippen LogP contribution >= 0.6 is 11.8 Å². The van der Waals surface area contributed by atoms with Crippen molar-refractivity contribution in [2.24, 2.45) is 0 Å². The fraction of sp³-hybridized carbons (Fsp3) is 0.316. The third-order valence-corrected chi connectivity index (χ3v) is 4.45. The molecule has 22 heavy (non-hydrogen) atoms. The fourth-order valence-corrected chi connectivity index (χ4v) is 2.75. The number of carbonyl (C=O) groups excluding carboxylic acids is 1. The van der Waals surface area contributed by atoms with E-state index in [-0.39, 0.29) is 5.78 Å². The Kier molecular flexibility index (Phi) is 6.08. The van der Waals surface area contributed by atoms with Crippen molar-refractivity contribution >= 4 is 17.5 Å². The SMILES string of the molecule is CCSCC(=O)c1ccc(OCc2ccccc2C)c(C)c1. The summed E-state index contributed by atoms with van der Waals surface area (Å²) in [6, 6.07) is 13.9. The summed E-state index contributed by atoms with van der Waals surface area (Å²) < 4.78 is 5.90. The van der Waals surface area contributed by atoms with Gasteiger partial charge in [-0.25, -0.2) is 0 Å². The quantitative estimate of drug-likeness (QED) is 0.685. The van der Waals surface area contributed by atoms with Gasteiger partial charge in [0, 0.05) is 5.56 Å². The first-order valence-corrected chi connectivity index (χ1v) is 8.66. The lowest BCUT2D eigenvalue weighted by atomic mass is 10.1. The smallest absolute Gasteiger partial charge is 0.172 e. The van der Waals surface area contributed by atoms with E-state index in [2.05, 4.69) is 26.0 Å². The van der Waals surface area contributed by atoms with Crippen molar-refractivity contribution in [1.82, 2.24) is 0 Å². The number of rotatable bonds is 7. The molecule has 2 aromatic carbocycles. The molecule has 0 aromatic heterocycles. The van der Waals surface area contributed by atoms with E-state index < -0.39 is 0 Å². The maximum Gasteiger partial charge on any atom is 0.172 e. The molecule has 0 N–H and O–H groups in total. The lowest BCUT2D eigenvalue weighted by Gasteiger charge is -2.12. The zero-order chi connectivity index (χ0) is 15.9. The van der Waals surface area contributed by atoms with Crippen molar-refractivity contribution < 1.29 is 9.53 Å². The van der Waals surface area contributed by atoms with Crippen LogP contribution in [-0.2, 0) is 6.61 Å². The molecule has 2 nitrogen and oxygen atoms in total. The van der Waals surface area contributed by atoms with Crippen LogP contribution in [0.25, 0.3) is 0 Å². The molecular weight excluding hydrogens is 292 g/mol. The Hall–Kier alpha value is -1.74. The molecule has 0 spiro atoms. The summed E-state index contributed by atoms with van der Waals surface area (Å²) in [5.41, 5.74) is 4.17. The lowest BCUT2D eigenvalue weighted by molar-refractivity contribution is 0.102. The zero-order valence-corrected chi connectivity index (χ0v) is 14.2. The Morgan fingerprint density at radius 3 is 2.55 bits per heavy atom. The highest BCUT2D eigenvalue weighted by Crippen LogP contribution is 2.22. The standard InChI is InChI=1S/C19H22O2S/c1-4-22-13-18(20)16-9-10-19(15(3)11-16)21-12-17-8-6-5-7-14(17)2/h5-11H,4,12-13H2,1-3H3. The summed E-state index contributed by atoms with van der Waals surface area (Å²) >= 11 is 1.65. The molecule has 0 atom stereocenters. The maximum atomic E-state index is 12.0. The Morgan fingerprint density at radius 1 is 1.09 bits per heavy atom. The molecule has 0 radical (unpaired) electrons. The van der Waals surface area contributed by atoms with Gasteiger partial charge in [-0.1, -0.05) is 31.2 Å². The number of hydrogen-bond acceptors (Lipinski definition) is 3. The molecule has 0 heterocycles. The molecule has 0 unspecified atom stereocenters. The molecule has 0 saturated heterocycles.